The zero-order valence-electron chi connectivity index (χ0n) is 10.3. The quantitative estimate of drug-likeness (QED) is 0.909. The fraction of sp³-hybridized carbons (Fsp3) is 0.455. The minimum Gasteiger partial charge on any atom is -0.378 e. The third-order valence-electron chi connectivity index (χ3n) is 2.51. The standard InChI is InChI=1S/C11H17N5.ClH/c1-4-16-8-11(9(2)14-16)12-5-10-6-13-15(3)7-10;/h6-8,12H,4-5H2,1-3H3;1H. The highest BCUT2D eigenvalue weighted by Crippen LogP contribution is 2.13. The monoisotopic (exact) mass is 255 g/mol. The second kappa shape index (κ2) is 5.72. The first-order valence-corrected chi connectivity index (χ1v) is 5.44. The van der Waals surface area contributed by atoms with Gasteiger partial charge in [-0.3, -0.25) is 9.36 Å². The number of nitrogens with one attached hydrogen (secondary N) is 1. The van der Waals surface area contributed by atoms with E-state index in [4.69, 9.17) is 0 Å². The highest BCUT2D eigenvalue weighted by molar-refractivity contribution is 5.85. The Morgan fingerprint density at radius 3 is 2.65 bits per heavy atom. The van der Waals surface area contributed by atoms with Gasteiger partial charge in [0.25, 0.3) is 0 Å². The van der Waals surface area contributed by atoms with E-state index in [1.807, 2.05) is 37.2 Å². The van der Waals surface area contributed by atoms with Crippen LogP contribution in [0.15, 0.2) is 18.6 Å². The molecule has 6 heteroatoms. The van der Waals surface area contributed by atoms with Crippen molar-refractivity contribution < 1.29 is 0 Å². The highest BCUT2D eigenvalue weighted by atomic mass is 35.5. The molecule has 2 heterocycles. The molecule has 0 radical (unpaired) electrons. The van der Waals surface area contributed by atoms with Crippen molar-refractivity contribution in [2.45, 2.75) is 26.9 Å². The van der Waals surface area contributed by atoms with Gasteiger partial charge in [-0.15, -0.1) is 12.4 Å². The van der Waals surface area contributed by atoms with E-state index in [9.17, 15) is 0 Å². The van der Waals surface area contributed by atoms with Crippen molar-refractivity contribution in [3.8, 4) is 0 Å². The lowest BCUT2D eigenvalue weighted by Gasteiger charge is -2.01. The van der Waals surface area contributed by atoms with Gasteiger partial charge in [-0.25, -0.2) is 0 Å². The lowest BCUT2D eigenvalue weighted by molar-refractivity contribution is 0.653. The summed E-state index contributed by atoms with van der Waals surface area (Å²) in [7, 11) is 1.92. The van der Waals surface area contributed by atoms with E-state index in [-0.39, 0.29) is 12.4 Å². The molecule has 0 fully saturated rings. The average Bonchev–Trinajstić information content (AvgIpc) is 2.82. The van der Waals surface area contributed by atoms with Crippen LogP contribution in [-0.4, -0.2) is 19.6 Å². The molecule has 0 aliphatic carbocycles. The summed E-state index contributed by atoms with van der Waals surface area (Å²) < 4.78 is 3.74. The first kappa shape index (κ1) is 13.6. The molecule has 1 N–H and O–H groups in total. The minimum absolute atomic E-state index is 0. The molecule has 0 saturated carbocycles. The van der Waals surface area contributed by atoms with Gasteiger partial charge in [0, 0.05) is 38.1 Å². The van der Waals surface area contributed by atoms with Crippen molar-refractivity contribution in [3.63, 3.8) is 0 Å². The number of halogens is 1. The van der Waals surface area contributed by atoms with Gasteiger partial charge >= 0.3 is 0 Å². The molecule has 94 valence electrons. The molecule has 0 saturated heterocycles. The minimum atomic E-state index is 0. The fourth-order valence-corrected chi connectivity index (χ4v) is 1.61. The summed E-state index contributed by atoms with van der Waals surface area (Å²) in [6, 6.07) is 0. The zero-order chi connectivity index (χ0) is 11.5. The maximum atomic E-state index is 4.38. The second-order valence-electron chi connectivity index (χ2n) is 3.86. The number of nitrogens with zero attached hydrogens (tertiary/aromatic N) is 4. The van der Waals surface area contributed by atoms with Crippen LogP contribution in [0.5, 0.6) is 0 Å². The summed E-state index contributed by atoms with van der Waals surface area (Å²) in [5, 5.41) is 11.9. The van der Waals surface area contributed by atoms with Gasteiger partial charge in [0.05, 0.1) is 17.6 Å². The maximum absolute atomic E-state index is 4.38. The van der Waals surface area contributed by atoms with Crippen molar-refractivity contribution in [1.29, 1.82) is 0 Å². The average molecular weight is 256 g/mol. The van der Waals surface area contributed by atoms with E-state index in [0.29, 0.717) is 0 Å². The Balaban J connectivity index is 0.00000144. The molecule has 0 atom stereocenters. The first-order chi connectivity index (χ1) is 7.69. The summed E-state index contributed by atoms with van der Waals surface area (Å²) in [4.78, 5) is 0. The Labute approximate surface area is 107 Å². The van der Waals surface area contributed by atoms with Crippen LogP contribution >= 0.6 is 12.4 Å². The smallest absolute Gasteiger partial charge is 0.0825 e. The lowest BCUT2D eigenvalue weighted by Crippen LogP contribution is -1.98. The summed E-state index contributed by atoms with van der Waals surface area (Å²) in [6.45, 7) is 5.77. The number of anilines is 1. The van der Waals surface area contributed by atoms with Gasteiger partial charge in [0.15, 0.2) is 0 Å². The number of aromatic nitrogens is 4. The van der Waals surface area contributed by atoms with Crippen LogP contribution < -0.4 is 5.32 Å². The number of hydrogen-bond acceptors (Lipinski definition) is 3. The molecule has 17 heavy (non-hydrogen) atoms. The van der Waals surface area contributed by atoms with Crippen molar-refractivity contribution in [2.75, 3.05) is 5.32 Å². The third-order valence-corrected chi connectivity index (χ3v) is 2.51. The van der Waals surface area contributed by atoms with Crippen LogP contribution in [0.25, 0.3) is 0 Å². The highest BCUT2D eigenvalue weighted by Gasteiger charge is 2.03. The van der Waals surface area contributed by atoms with E-state index in [2.05, 4.69) is 22.4 Å². The molecule has 0 aromatic carbocycles. The van der Waals surface area contributed by atoms with E-state index in [1.54, 1.807) is 4.68 Å². The Bertz CT molecular complexity index is 474. The molecule has 2 rings (SSSR count). The summed E-state index contributed by atoms with van der Waals surface area (Å²) in [5.74, 6) is 0. The number of hydrogen-bond donors (Lipinski definition) is 1. The molecule has 0 bridgehead atoms. The molecular weight excluding hydrogens is 238 g/mol. The Morgan fingerprint density at radius 2 is 2.12 bits per heavy atom. The van der Waals surface area contributed by atoms with Crippen molar-refractivity contribution in [3.05, 3.63) is 29.8 Å². The van der Waals surface area contributed by atoms with Crippen molar-refractivity contribution in [2.24, 2.45) is 7.05 Å². The van der Waals surface area contributed by atoms with E-state index in [0.717, 1.165) is 24.5 Å². The van der Waals surface area contributed by atoms with Crippen LogP contribution in [0.3, 0.4) is 0 Å². The van der Waals surface area contributed by atoms with Gasteiger partial charge in [-0.2, -0.15) is 10.2 Å². The normalized spacial score (nSPS) is 10.1. The predicted octanol–water partition coefficient (Wildman–Crippen LogP) is 1.98. The Hall–Kier alpha value is -1.49. The van der Waals surface area contributed by atoms with Crippen LogP contribution in [-0.2, 0) is 20.1 Å². The molecule has 2 aromatic rings. The first-order valence-electron chi connectivity index (χ1n) is 5.44. The van der Waals surface area contributed by atoms with Crippen LogP contribution in [0, 0.1) is 6.92 Å². The third kappa shape index (κ3) is 3.23. The van der Waals surface area contributed by atoms with E-state index in [1.165, 1.54) is 5.56 Å². The topological polar surface area (TPSA) is 47.7 Å². The summed E-state index contributed by atoms with van der Waals surface area (Å²) in [5.41, 5.74) is 3.29. The van der Waals surface area contributed by atoms with Crippen LogP contribution in [0.1, 0.15) is 18.2 Å². The number of aryl methyl sites for hydroxylation is 3. The van der Waals surface area contributed by atoms with E-state index >= 15 is 0 Å². The largest absolute Gasteiger partial charge is 0.378 e. The van der Waals surface area contributed by atoms with Crippen molar-refractivity contribution >= 4 is 18.1 Å². The molecular formula is C11H18ClN5. The van der Waals surface area contributed by atoms with Crippen molar-refractivity contribution in [1.82, 2.24) is 19.6 Å². The van der Waals surface area contributed by atoms with Gasteiger partial charge in [0.2, 0.25) is 0 Å². The maximum Gasteiger partial charge on any atom is 0.0825 e. The Kier molecular flexibility index (Phi) is 4.57. The summed E-state index contributed by atoms with van der Waals surface area (Å²) >= 11 is 0. The van der Waals surface area contributed by atoms with E-state index < -0.39 is 0 Å². The van der Waals surface area contributed by atoms with Gasteiger partial charge < -0.3 is 5.32 Å². The lowest BCUT2D eigenvalue weighted by atomic mass is 10.3. The Morgan fingerprint density at radius 1 is 1.35 bits per heavy atom. The van der Waals surface area contributed by atoms with Crippen LogP contribution in [0.2, 0.25) is 0 Å². The SMILES string of the molecule is CCn1cc(NCc2cnn(C)c2)c(C)n1.Cl. The summed E-state index contributed by atoms with van der Waals surface area (Å²) in [6.07, 6.45) is 5.91. The zero-order valence-corrected chi connectivity index (χ0v) is 11.2. The molecule has 5 nitrogen and oxygen atoms in total. The number of rotatable bonds is 4. The second-order valence-corrected chi connectivity index (χ2v) is 3.86. The predicted molar refractivity (Wildman–Crippen MR) is 70.4 cm³/mol. The molecule has 0 aliphatic rings. The molecule has 0 unspecified atom stereocenters. The fourth-order valence-electron chi connectivity index (χ4n) is 1.61. The molecule has 2 aromatic heterocycles. The van der Waals surface area contributed by atoms with Gasteiger partial charge in [-0.1, -0.05) is 0 Å². The van der Waals surface area contributed by atoms with Crippen LogP contribution in [0.4, 0.5) is 5.69 Å². The molecule has 0 aliphatic heterocycles. The van der Waals surface area contributed by atoms with Gasteiger partial charge in [0.1, 0.15) is 0 Å². The molecule has 0 amide bonds. The molecule has 0 spiro atoms. The van der Waals surface area contributed by atoms with Gasteiger partial charge in [-0.05, 0) is 13.8 Å².